The highest BCUT2D eigenvalue weighted by Gasteiger charge is 2.13. The smallest absolute Gasteiger partial charge is 0.0931 e. The fourth-order valence-electron chi connectivity index (χ4n) is 2.76. The molecule has 18 heavy (non-hydrogen) atoms. The number of rotatable bonds is 3. The van der Waals surface area contributed by atoms with Crippen molar-refractivity contribution in [2.24, 2.45) is 0 Å². The molecule has 1 heterocycles. The molecule has 1 aromatic carbocycles. The van der Waals surface area contributed by atoms with E-state index in [1.54, 1.807) is 12.4 Å². The van der Waals surface area contributed by atoms with Gasteiger partial charge >= 0.3 is 0 Å². The molecule has 3 nitrogen and oxygen atoms in total. The molecule has 1 N–H and O–H groups in total. The van der Waals surface area contributed by atoms with Crippen LogP contribution in [-0.4, -0.2) is 16.0 Å². The van der Waals surface area contributed by atoms with E-state index >= 15 is 0 Å². The van der Waals surface area contributed by atoms with Crippen LogP contribution in [-0.2, 0) is 6.54 Å². The van der Waals surface area contributed by atoms with Gasteiger partial charge in [0, 0.05) is 25.0 Å². The van der Waals surface area contributed by atoms with Gasteiger partial charge in [-0.1, -0.05) is 31.4 Å². The number of fused-ring (bicyclic) bond motifs is 1. The van der Waals surface area contributed by atoms with Crippen LogP contribution in [0.2, 0.25) is 0 Å². The van der Waals surface area contributed by atoms with E-state index < -0.39 is 0 Å². The quantitative estimate of drug-likeness (QED) is 0.897. The zero-order chi connectivity index (χ0) is 12.2. The Morgan fingerprint density at radius 2 is 1.89 bits per heavy atom. The molecule has 0 amide bonds. The molecular formula is C15H19N3. The van der Waals surface area contributed by atoms with Gasteiger partial charge < -0.3 is 5.32 Å². The maximum atomic E-state index is 4.44. The van der Waals surface area contributed by atoms with Gasteiger partial charge in [-0.25, -0.2) is 0 Å². The van der Waals surface area contributed by atoms with Crippen molar-refractivity contribution in [2.75, 3.05) is 0 Å². The minimum absolute atomic E-state index is 0.686. The van der Waals surface area contributed by atoms with Gasteiger partial charge in [0.25, 0.3) is 0 Å². The number of benzene rings is 1. The predicted octanol–water partition coefficient (Wildman–Crippen LogP) is 3.05. The van der Waals surface area contributed by atoms with Gasteiger partial charge in [-0.3, -0.25) is 9.97 Å². The Morgan fingerprint density at radius 3 is 2.78 bits per heavy atom. The second-order valence-electron chi connectivity index (χ2n) is 5.06. The third-order valence-corrected chi connectivity index (χ3v) is 3.77. The van der Waals surface area contributed by atoms with E-state index in [0.29, 0.717) is 6.04 Å². The van der Waals surface area contributed by atoms with Gasteiger partial charge in [0.05, 0.1) is 11.0 Å². The average Bonchev–Trinajstić information content (AvgIpc) is 2.46. The third-order valence-electron chi connectivity index (χ3n) is 3.77. The van der Waals surface area contributed by atoms with E-state index in [9.17, 15) is 0 Å². The molecule has 0 unspecified atom stereocenters. The lowest BCUT2D eigenvalue weighted by atomic mass is 9.95. The standard InChI is InChI=1S/C15H19N3/c1-2-6-13(7-3-1)18-11-12-5-4-8-14-15(12)17-10-9-16-14/h4-5,8-10,13,18H,1-3,6-7,11H2. The molecule has 0 radical (unpaired) electrons. The number of hydrogen-bond acceptors (Lipinski definition) is 3. The molecule has 1 aromatic heterocycles. The first kappa shape index (κ1) is 11.6. The van der Waals surface area contributed by atoms with Gasteiger partial charge in [0.2, 0.25) is 0 Å². The Labute approximate surface area is 108 Å². The van der Waals surface area contributed by atoms with Crippen LogP contribution >= 0.6 is 0 Å². The Balaban J connectivity index is 1.74. The van der Waals surface area contributed by atoms with Crippen molar-refractivity contribution in [3.8, 4) is 0 Å². The summed E-state index contributed by atoms with van der Waals surface area (Å²) in [6, 6.07) is 6.92. The monoisotopic (exact) mass is 241 g/mol. The van der Waals surface area contributed by atoms with E-state index in [-0.39, 0.29) is 0 Å². The van der Waals surface area contributed by atoms with Crippen LogP contribution in [0.15, 0.2) is 30.6 Å². The molecule has 3 rings (SSSR count). The Morgan fingerprint density at radius 1 is 1.06 bits per heavy atom. The van der Waals surface area contributed by atoms with Crippen LogP contribution in [0, 0.1) is 0 Å². The van der Waals surface area contributed by atoms with Crippen LogP contribution in [0.1, 0.15) is 37.7 Å². The minimum Gasteiger partial charge on any atom is -0.310 e. The highest BCUT2D eigenvalue weighted by Crippen LogP contribution is 2.19. The van der Waals surface area contributed by atoms with Crippen LogP contribution in [0.3, 0.4) is 0 Å². The minimum atomic E-state index is 0.686. The number of hydrogen-bond donors (Lipinski definition) is 1. The largest absolute Gasteiger partial charge is 0.310 e. The summed E-state index contributed by atoms with van der Waals surface area (Å²) in [7, 11) is 0. The number of para-hydroxylation sites is 1. The zero-order valence-electron chi connectivity index (χ0n) is 10.6. The lowest BCUT2D eigenvalue weighted by Crippen LogP contribution is -2.30. The zero-order valence-corrected chi connectivity index (χ0v) is 10.6. The van der Waals surface area contributed by atoms with Gasteiger partial charge in [-0.05, 0) is 24.5 Å². The second-order valence-corrected chi connectivity index (χ2v) is 5.06. The van der Waals surface area contributed by atoms with E-state index in [1.165, 1.54) is 37.7 Å². The Hall–Kier alpha value is -1.48. The van der Waals surface area contributed by atoms with Crippen LogP contribution in [0.4, 0.5) is 0 Å². The predicted molar refractivity (Wildman–Crippen MR) is 73.3 cm³/mol. The first-order valence-electron chi connectivity index (χ1n) is 6.85. The molecule has 0 saturated heterocycles. The molecule has 1 aliphatic rings. The molecule has 0 aliphatic heterocycles. The number of nitrogens with one attached hydrogen (secondary N) is 1. The molecule has 94 valence electrons. The van der Waals surface area contributed by atoms with Crippen molar-refractivity contribution in [3.05, 3.63) is 36.2 Å². The second kappa shape index (κ2) is 5.44. The summed E-state index contributed by atoms with van der Waals surface area (Å²) in [5.41, 5.74) is 3.27. The molecule has 1 fully saturated rings. The normalized spacial score (nSPS) is 17.1. The van der Waals surface area contributed by atoms with Gasteiger partial charge in [-0.15, -0.1) is 0 Å². The first-order chi connectivity index (χ1) is 8.93. The molecule has 0 bridgehead atoms. The van der Waals surface area contributed by atoms with Crippen molar-refractivity contribution in [3.63, 3.8) is 0 Å². The first-order valence-corrected chi connectivity index (χ1v) is 6.85. The Bertz CT molecular complexity index is 513. The molecule has 3 heteroatoms. The molecular weight excluding hydrogens is 222 g/mol. The third kappa shape index (κ3) is 2.51. The van der Waals surface area contributed by atoms with Gasteiger partial charge in [0.15, 0.2) is 0 Å². The van der Waals surface area contributed by atoms with E-state index in [4.69, 9.17) is 0 Å². The Kier molecular flexibility index (Phi) is 3.51. The van der Waals surface area contributed by atoms with Gasteiger partial charge in [0.1, 0.15) is 0 Å². The van der Waals surface area contributed by atoms with E-state index in [2.05, 4.69) is 27.4 Å². The maximum Gasteiger partial charge on any atom is 0.0931 e. The summed E-state index contributed by atoms with van der Waals surface area (Å²) in [4.78, 5) is 8.79. The number of nitrogens with zero attached hydrogens (tertiary/aromatic N) is 2. The van der Waals surface area contributed by atoms with E-state index in [0.717, 1.165) is 17.6 Å². The highest BCUT2D eigenvalue weighted by atomic mass is 14.9. The highest BCUT2D eigenvalue weighted by molar-refractivity contribution is 5.77. The van der Waals surface area contributed by atoms with Crippen molar-refractivity contribution in [1.29, 1.82) is 0 Å². The summed E-state index contributed by atoms with van der Waals surface area (Å²) in [6.45, 7) is 0.903. The van der Waals surface area contributed by atoms with Crippen molar-refractivity contribution < 1.29 is 0 Å². The fraction of sp³-hybridized carbons (Fsp3) is 0.467. The summed E-state index contributed by atoms with van der Waals surface area (Å²) in [6.07, 6.45) is 10.3. The molecule has 1 saturated carbocycles. The lowest BCUT2D eigenvalue weighted by Gasteiger charge is -2.23. The molecule has 0 atom stereocenters. The van der Waals surface area contributed by atoms with Crippen LogP contribution in [0.25, 0.3) is 11.0 Å². The van der Waals surface area contributed by atoms with Crippen molar-refractivity contribution >= 4 is 11.0 Å². The fourth-order valence-corrected chi connectivity index (χ4v) is 2.76. The van der Waals surface area contributed by atoms with Crippen molar-refractivity contribution in [2.45, 2.75) is 44.7 Å². The lowest BCUT2D eigenvalue weighted by molar-refractivity contribution is 0.372. The average molecular weight is 241 g/mol. The topological polar surface area (TPSA) is 37.8 Å². The SMILES string of the molecule is c1cc(CNC2CCCCC2)c2nccnc2c1. The van der Waals surface area contributed by atoms with Gasteiger partial charge in [-0.2, -0.15) is 0 Å². The summed E-state index contributed by atoms with van der Waals surface area (Å²) in [5.74, 6) is 0. The number of aromatic nitrogens is 2. The molecule has 1 aliphatic carbocycles. The van der Waals surface area contributed by atoms with Crippen molar-refractivity contribution in [1.82, 2.24) is 15.3 Å². The summed E-state index contributed by atoms with van der Waals surface area (Å²) < 4.78 is 0. The van der Waals surface area contributed by atoms with E-state index in [1.807, 2.05) is 6.07 Å². The summed E-state index contributed by atoms with van der Waals surface area (Å²) in [5, 5.41) is 3.66. The summed E-state index contributed by atoms with van der Waals surface area (Å²) >= 11 is 0. The molecule has 2 aromatic rings. The molecule has 0 spiro atoms. The maximum absolute atomic E-state index is 4.44. The van der Waals surface area contributed by atoms with Crippen LogP contribution < -0.4 is 5.32 Å². The van der Waals surface area contributed by atoms with Crippen LogP contribution in [0.5, 0.6) is 0 Å².